The second-order valence-corrected chi connectivity index (χ2v) is 7.81. The number of ether oxygens (including phenoxy) is 2. The molecule has 28 heavy (non-hydrogen) atoms. The Morgan fingerprint density at radius 3 is 2.82 bits per heavy atom. The third-order valence-corrected chi connectivity index (χ3v) is 5.44. The zero-order valence-electron chi connectivity index (χ0n) is 14.8. The first-order valence-electron chi connectivity index (χ1n) is 8.42. The molecule has 0 spiro atoms. The van der Waals surface area contributed by atoms with Crippen molar-refractivity contribution in [1.82, 2.24) is 5.32 Å². The molecule has 0 fully saturated rings. The number of benzene rings is 2. The SMILES string of the molecule is CC(=CN=C1N=C(Nc2ccc3c(c2)OCO3)S1)NCc1ccc(Cl)c(Cl)c1. The van der Waals surface area contributed by atoms with Crippen molar-refractivity contribution in [2.45, 2.75) is 13.5 Å². The predicted octanol–water partition coefficient (Wildman–Crippen LogP) is 5.24. The summed E-state index contributed by atoms with van der Waals surface area (Å²) in [5, 5.41) is 9.07. The van der Waals surface area contributed by atoms with Crippen molar-refractivity contribution in [1.29, 1.82) is 0 Å². The average Bonchev–Trinajstić information content (AvgIpc) is 3.12. The Bertz CT molecular complexity index is 1010. The van der Waals surface area contributed by atoms with Crippen LogP contribution in [0.2, 0.25) is 10.0 Å². The van der Waals surface area contributed by atoms with Gasteiger partial charge in [0.1, 0.15) is 0 Å². The Labute approximate surface area is 176 Å². The molecule has 2 aliphatic rings. The molecular formula is C19H16Cl2N4O2S. The Kier molecular flexibility index (Phi) is 5.66. The largest absolute Gasteiger partial charge is 0.454 e. The fourth-order valence-corrected chi connectivity index (χ4v) is 3.38. The van der Waals surface area contributed by atoms with Gasteiger partial charge < -0.3 is 20.1 Å². The first kappa shape index (κ1) is 19.0. The van der Waals surface area contributed by atoms with E-state index in [4.69, 9.17) is 32.7 Å². The van der Waals surface area contributed by atoms with Gasteiger partial charge in [-0.3, -0.25) is 0 Å². The van der Waals surface area contributed by atoms with Crippen molar-refractivity contribution in [3.8, 4) is 11.5 Å². The highest BCUT2D eigenvalue weighted by Crippen LogP contribution is 2.35. The molecule has 2 aromatic rings. The Balaban J connectivity index is 1.29. The maximum atomic E-state index is 6.02. The van der Waals surface area contributed by atoms with Crippen molar-refractivity contribution in [3.63, 3.8) is 0 Å². The molecule has 9 heteroatoms. The van der Waals surface area contributed by atoms with Gasteiger partial charge in [0.25, 0.3) is 0 Å². The van der Waals surface area contributed by atoms with Crippen LogP contribution in [0.1, 0.15) is 12.5 Å². The molecule has 0 aliphatic carbocycles. The zero-order valence-corrected chi connectivity index (χ0v) is 17.2. The molecule has 144 valence electrons. The number of aliphatic imine (C=N–C) groups is 2. The third kappa shape index (κ3) is 4.55. The lowest BCUT2D eigenvalue weighted by Crippen LogP contribution is -2.19. The van der Waals surface area contributed by atoms with Gasteiger partial charge in [-0.2, -0.15) is 4.99 Å². The van der Waals surface area contributed by atoms with Gasteiger partial charge in [-0.25, -0.2) is 4.99 Å². The first-order chi connectivity index (χ1) is 13.6. The quantitative estimate of drug-likeness (QED) is 0.672. The summed E-state index contributed by atoms with van der Waals surface area (Å²) in [5.74, 6) is 1.49. The van der Waals surface area contributed by atoms with Crippen LogP contribution in [0.25, 0.3) is 0 Å². The van der Waals surface area contributed by atoms with Crippen molar-refractivity contribution >= 4 is 51.0 Å². The van der Waals surface area contributed by atoms with E-state index in [1.165, 1.54) is 11.8 Å². The number of anilines is 1. The van der Waals surface area contributed by atoms with Crippen LogP contribution in [0.4, 0.5) is 5.69 Å². The molecule has 0 amide bonds. The van der Waals surface area contributed by atoms with Crippen molar-refractivity contribution in [2.75, 3.05) is 12.1 Å². The predicted molar refractivity (Wildman–Crippen MR) is 116 cm³/mol. The molecule has 2 aliphatic heterocycles. The normalized spacial score (nSPS) is 16.6. The number of amidine groups is 2. The van der Waals surface area contributed by atoms with Crippen molar-refractivity contribution in [3.05, 3.63) is 63.9 Å². The van der Waals surface area contributed by atoms with E-state index in [2.05, 4.69) is 20.6 Å². The number of hydrogen-bond acceptors (Lipinski definition) is 6. The average molecular weight is 435 g/mol. The smallest absolute Gasteiger partial charge is 0.231 e. The molecule has 2 N–H and O–H groups in total. The monoisotopic (exact) mass is 434 g/mol. The molecule has 0 unspecified atom stereocenters. The summed E-state index contributed by atoms with van der Waals surface area (Å²) in [4.78, 5) is 8.72. The fourth-order valence-electron chi connectivity index (χ4n) is 2.48. The lowest BCUT2D eigenvalue weighted by atomic mass is 10.2. The highest BCUT2D eigenvalue weighted by atomic mass is 35.5. The van der Waals surface area contributed by atoms with E-state index in [0.29, 0.717) is 21.8 Å². The van der Waals surface area contributed by atoms with E-state index in [0.717, 1.165) is 33.6 Å². The molecule has 0 saturated carbocycles. The first-order valence-corrected chi connectivity index (χ1v) is 10.00. The van der Waals surface area contributed by atoms with Gasteiger partial charge >= 0.3 is 0 Å². The molecule has 0 saturated heterocycles. The summed E-state index contributed by atoms with van der Waals surface area (Å²) in [5.41, 5.74) is 2.86. The van der Waals surface area contributed by atoms with Crippen molar-refractivity contribution < 1.29 is 9.47 Å². The maximum Gasteiger partial charge on any atom is 0.231 e. The van der Waals surface area contributed by atoms with Crippen LogP contribution in [-0.2, 0) is 6.54 Å². The number of rotatable bonds is 5. The van der Waals surface area contributed by atoms with E-state index in [9.17, 15) is 0 Å². The van der Waals surface area contributed by atoms with Crippen LogP contribution >= 0.6 is 35.0 Å². The molecule has 2 heterocycles. The number of allylic oxidation sites excluding steroid dienone is 1. The van der Waals surface area contributed by atoms with Gasteiger partial charge in [-0.05, 0) is 48.5 Å². The van der Waals surface area contributed by atoms with Crippen LogP contribution in [0.3, 0.4) is 0 Å². The summed E-state index contributed by atoms with van der Waals surface area (Å²) >= 11 is 13.4. The summed E-state index contributed by atoms with van der Waals surface area (Å²) in [6.45, 7) is 2.84. The van der Waals surface area contributed by atoms with Crippen LogP contribution in [0.15, 0.2) is 58.3 Å². The minimum absolute atomic E-state index is 0.260. The van der Waals surface area contributed by atoms with Crippen LogP contribution in [0.5, 0.6) is 11.5 Å². The molecular weight excluding hydrogens is 419 g/mol. The maximum absolute atomic E-state index is 6.02. The molecule has 6 nitrogen and oxygen atoms in total. The number of hydrogen-bond donors (Lipinski definition) is 2. The molecule has 0 bridgehead atoms. The molecule has 0 aromatic heterocycles. The van der Waals surface area contributed by atoms with Gasteiger partial charge in [0.15, 0.2) is 21.8 Å². The van der Waals surface area contributed by atoms with Crippen molar-refractivity contribution in [2.24, 2.45) is 9.98 Å². The Morgan fingerprint density at radius 2 is 2.00 bits per heavy atom. The number of nitrogens with one attached hydrogen (secondary N) is 2. The van der Waals surface area contributed by atoms with Gasteiger partial charge in [0.05, 0.1) is 10.0 Å². The van der Waals surface area contributed by atoms with Crippen LogP contribution in [-0.4, -0.2) is 17.1 Å². The van der Waals surface area contributed by atoms with E-state index in [1.807, 2.05) is 37.3 Å². The number of thioether (sulfide) groups is 1. The number of nitrogens with zero attached hydrogens (tertiary/aromatic N) is 2. The third-order valence-electron chi connectivity index (χ3n) is 3.93. The standard InChI is InChI=1S/C19H16Cl2N4O2S/c1-11(22-9-12-2-4-14(20)15(21)6-12)8-23-18-25-19(28-18)24-13-3-5-16-17(7-13)27-10-26-16/h2-8,22H,9-10H2,1H3,(H,23,24,25). The van der Waals surface area contributed by atoms with Gasteiger partial charge in [-0.15, -0.1) is 0 Å². The van der Waals surface area contributed by atoms with Crippen LogP contribution in [0, 0.1) is 0 Å². The summed E-state index contributed by atoms with van der Waals surface area (Å²) in [6, 6.07) is 11.2. The molecule has 4 rings (SSSR count). The number of fused-ring (bicyclic) bond motifs is 1. The second-order valence-electron chi connectivity index (χ2n) is 6.04. The highest BCUT2D eigenvalue weighted by Gasteiger charge is 2.19. The van der Waals surface area contributed by atoms with Gasteiger partial charge in [-0.1, -0.05) is 29.3 Å². The highest BCUT2D eigenvalue weighted by molar-refractivity contribution is 8.29. The lowest BCUT2D eigenvalue weighted by Gasteiger charge is -2.16. The molecule has 0 atom stereocenters. The van der Waals surface area contributed by atoms with Crippen LogP contribution < -0.4 is 20.1 Å². The van der Waals surface area contributed by atoms with E-state index < -0.39 is 0 Å². The topological polar surface area (TPSA) is 67.2 Å². The minimum atomic E-state index is 0.260. The fraction of sp³-hybridized carbons (Fsp3) is 0.158. The lowest BCUT2D eigenvalue weighted by molar-refractivity contribution is 0.174. The molecule has 0 radical (unpaired) electrons. The number of halogens is 2. The minimum Gasteiger partial charge on any atom is -0.454 e. The second kappa shape index (κ2) is 8.34. The Hall–Kier alpha value is -2.35. The summed E-state index contributed by atoms with van der Waals surface area (Å²) in [7, 11) is 0. The van der Waals surface area contributed by atoms with E-state index >= 15 is 0 Å². The summed E-state index contributed by atoms with van der Waals surface area (Å²) in [6.07, 6.45) is 1.75. The van der Waals surface area contributed by atoms with E-state index in [-0.39, 0.29) is 6.79 Å². The molecule has 2 aromatic carbocycles. The van der Waals surface area contributed by atoms with E-state index in [1.54, 1.807) is 12.3 Å². The Morgan fingerprint density at radius 1 is 1.18 bits per heavy atom. The van der Waals surface area contributed by atoms with Gasteiger partial charge in [0.2, 0.25) is 6.79 Å². The zero-order chi connectivity index (χ0) is 19.5. The van der Waals surface area contributed by atoms with Gasteiger partial charge in [0, 0.05) is 30.2 Å². The summed E-state index contributed by atoms with van der Waals surface area (Å²) < 4.78 is 10.7.